The second kappa shape index (κ2) is 19.7. The van der Waals surface area contributed by atoms with Gasteiger partial charge >= 0.3 is 6.09 Å². The predicted molar refractivity (Wildman–Crippen MR) is 211 cm³/mol. The molecule has 0 saturated carbocycles. The van der Waals surface area contributed by atoms with E-state index < -0.39 is 11.6 Å². The molecule has 0 bridgehead atoms. The molecular formula is C38H44Cl3N7O3S. The highest BCUT2D eigenvalue weighted by molar-refractivity contribution is 7.99. The van der Waals surface area contributed by atoms with Crippen molar-refractivity contribution in [2.24, 2.45) is 0 Å². The molecule has 2 atom stereocenters. The monoisotopic (exact) mass is 783 g/mol. The van der Waals surface area contributed by atoms with E-state index in [1.165, 1.54) is 7.11 Å². The number of hydrogen-bond donors (Lipinski definition) is 4. The molecule has 52 heavy (non-hydrogen) atoms. The second-order valence-corrected chi connectivity index (χ2v) is 13.3. The fourth-order valence-corrected chi connectivity index (χ4v) is 7.40. The molecule has 0 aliphatic carbocycles. The van der Waals surface area contributed by atoms with Gasteiger partial charge < -0.3 is 30.2 Å². The zero-order chi connectivity index (χ0) is 34.2. The highest BCUT2D eigenvalue weighted by atomic mass is 35.5. The predicted octanol–water partition coefficient (Wildman–Crippen LogP) is 7.62. The average molecular weight is 785 g/mol. The molecule has 6 rings (SSSR count). The molecule has 2 amide bonds. The number of ether oxygens (including phenoxy) is 1. The van der Waals surface area contributed by atoms with Crippen molar-refractivity contribution in [3.8, 4) is 34.9 Å². The Labute approximate surface area is 328 Å². The van der Waals surface area contributed by atoms with Crippen LogP contribution in [0.5, 0.6) is 0 Å². The standard InChI is InChI=1S/C38H41N7O3S.3ClH/c1-4-38(5-2,44-37(47)48-3)36(46)45-22-12-18-32(45)35-41-25-31(43-35)27-20-19-26(33(23-27)49-29-15-7-6-8-16-29)13-9-10-14-28-24-40-34(42-28)30-17-11-21-39-30;;;/h6-8,15-16,19-20,23-25,30,32,39H,4-5,11-12,17-18,21-22H2,1-3H3,(H,40,42)(H,41,43)(H,44,47);3*1H. The number of nitrogens with zero attached hydrogens (tertiary/aromatic N) is 3. The van der Waals surface area contributed by atoms with Gasteiger partial charge in [0.25, 0.3) is 0 Å². The normalized spacial score (nSPS) is 16.2. The summed E-state index contributed by atoms with van der Waals surface area (Å²) >= 11 is 1.64. The number of methoxy groups -OCH3 is 1. The Balaban J connectivity index is 0.00000243. The van der Waals surface area contributed by atoms with E-state index >= 15 is 0 Å². The Morgan fingerprint density at radius 3 is 2.42 bits per heavy atom. The first-order chi connectivity index (χ1) is 23.9. The number of carbonyl (C=O) groups is 2. The molecule has 2 fully saturated rings. The topological polar surface area (TPSA) is 128 Å². The summed E-state index contributed by atoms with van der Waals surface area (Å²) in [5.74, 6) is 13.9. The molecule has 0 spiro atoms. The summed E-state index contributed by atoms with van der Waals surface area (Å²) in [5.41, 5.74) is 2.39. The molecule has 0 radical (unpaired) electrons. The van der Waals surface area contributed by atoms with Crippen LogP contribution in [0.2, 0.25) is 0 Å². The van der Waals surface area contributed by atoms with Crippen molar-refractivity contribution in [2.45, 2.75) is 79.8 Å². The van der Waals surface area contributed by atoms with Crippen molar-refractivity contribution in [2.75, 3.05) is 20.2 Å². The average Bonchev–Trinajstić information content (AvgIpc) is 3.97. The number of imidazole rings is 2. The molecule has 4 N–H and O–H groups in total. The first kappa shape index (κ1) is 42.3. The number of aromatic amines is 2. The number of likely N-dealkylation sites (tertiary alicyclic amines) is 1. The minimum Gasteiger partial charge on any atom is -0.453 e. The van der Waals surface area contributed by atoms with Crippen LogP contribution in [0.25, 0.3) is 11.3 Å². The van der Waals surface area contributed by atoms with Crippen LogP contribution >= 0.6 is 49.0 Å². The molecule has 2 saturated heterocycles. The van der Waals surface area contributed by atoms with Gasteiger partial charge in [0.15, 0.2) is 0 Å². The van der Waals surface area contributed by atoms with Crippen LogP contribution in [0, 0.1) is 23.7 Å². The molecule has 2 aliphatic rings. The van der Waals surface area contributed by atoms with Crippen molar-refractivity contribution in [1.29, 1.82) is 0 Å². The van der Waals surface area contributed by atoms with Crippen LogP contribution in [-0.2, 0) is 9.53 Å². The molecule has 14 heteroatoms. The first-order valence-corrected chi connectivity index (χ1v) is 17.6. The first-order valence-electron chi connectivity index (χ1n) is 16.8. The van der Waals surface area contributed by atoms with Crippen molar-refractivity contribution < 1.29 is 14.3 Å². The van der Waals surface area contributed by atoms with Gasteiger partial charge in [0, 0.05) is 27.5 Å². The van der Waals surface area contributed by atoms with Gasteiger partial charge in [0.05, 0.1) is 37.3 Å². The number of aromatic nitrogens is 4. The van der Waals surface area contributed by atoms with Crippen molar-refractivity contribution in [1.82, 2.24) is 35.5 Å². The van der Waals surface area contributed by atoms with Gasteiger partial charge in [-0.1, -0.05) is 55.8 Å². The molecule has 10 nitrogen and oxygen atoms in total. The van der Waals surface area contributed by atoms with Gasteiger partial charge in [-0.25, -0.2) is 14.8 Å². The minimum absolute atomic E-state index is 0. The third kappa shape index (κ3) is 9.65. The van der Waals surface area contributed by atoms with E-state index in [0.29, 0.717) is 19.4 Å². The lowest BCUT2D eigenvalue weighted by Crippen LogP contribution is -2.59. The summed E-state index contributed by atoms with van der Waals surface area (Å²) in [4.78, 5) is 46.1. The lowest BCUT2D eigenvalue weighted by molar-refractivity contribution is -0.139. The number of carbonyl (C=O) groups excluding carboxylic acids is 2. The molecular weight excluding hydrogens is 741 g/mol. The van der Waals surface area contributed by atoms with Crippen LogP contribution in [0.15, 0.2) is 70.7 Å². The highest BCUT2D eigenvalue weighted by Gasteiger charge is 2.44. The smallest absolute Gasteiger partial charge is 0.407 e. The summed E-state index contributed by atoms with van der Waals surface area (Å²) in [6, 6.07) is 16.4. The lowest BCUT2D eigenvalue weighted by Gasteiger charge is -2.36. The van der Waals surface area contributed by atoms with Gasteiger partial charge in [-0.2, -0.15) is 0 Å². The van der Waals surface area contributed by atoms with Crippen LogP contribution in [0.3, 0.4) is 0 Å². The summed E-state index contributed by atoms with van der Waals surface area (Å²) in [6.07, 6.45) is 7.73. The van der Waals surface area contributed by atoms with E-state index in [0.717, 1.165) is 76.2 Å². The Kier molecular flexibility index (Phi) is 16.0. The van der Waals surface area contributed by atoms with Gasteiger partial charge in [-0.05, 0) is 87.1 Å². The third-order valence-electron chi connectivity index (χ3n) is 9.27. The Morgan fingerprint density at radius 1 is 0.962 bits per heavy atom. The lowest BCUT2D eigenvalue weighted by atomic mass is 9.90. The van der Waals surface area contributed by atoms with Crippen molar-refractivity contribution >= 4 is 61.0 Å². The van der Waals surface area contributed by atoms with Crippen LogP contribution in [-0.4, -0.2) is 62.6 Å². The quantitative estimate of drug-likeness (QED) is 0.129. The molecule has 2 aromatic heterocycles. The number of rotatable bonds is 9. The maximum absolute atomic E-state index is 13.9. The van der Waals surface area contributed by atoms with E-state index in [1.807, 2.05) is 55.3 Å². The molecule has 2 unspecified atom stereocenters. The SMILES string of the molecule is CCC(CC)(NC(=O)OC)C(=O)N1CCCC1c1ncc(-c2ccc(C#CC#Cc3cnc(C4CCCN4)[nH]3)c(Sc3ccccc3)c2)[nH]1.Cl.Cl.Cl. The maximum atomic E-state index is 13.9. The fraction of sp³-hybridized carbons (Fsp3) is 0.368. The number of benzene rings is 2. The van der Waals surface area contributed by atoms with Crippen LogP contribution in [0.4, 0.5) is 4.79 Å². The number of H-pyrrole nitrogens is 2. The van der Waals surface area contributed by atoms with E-state index in [1.54, 1.807) is 18.0 Å². The van der Waals surface area contributed by atoms with Gasteiger partial charge in [0.2, 0.25) is 5.91 Å². The molecule has 4 heterocycles. The van der Waals surface area contributed by atoms with Gasteiger partial charge in [0.1, 0.15) is 22.9 Å². The largest absolute Gasteiger partial charge is 0.453 e. The highest BCUT2D eigenvalue weighted by Crippen LogP contribution is 2.37. The van der Waals surface area contributed by atoms with E-state index in [9.17, 15) is 9.59 Å². The number of amides is 2. The summed E-state index contributed by atoms with van der Waals surface area (Å²) in [5, 5.41) is 6.26. The van der Waals surface area contributed by atoms with Crippen LogP contribution < -0.4 is 10.6 Å². The molecule has 276 valence electrons. The van der Waals surface area contributed by atoms with Crippen LogP contribution in [0.1, 0.15) is 87.4 Å². The second-order valence-electron chi connectivity index (χ2n) is 12.2. The fourth-order valence-electron chi connectivity index (χ4n) is 6.44. The third-order valence-corrected chi connectivity index (χ3v) is 10.3. The van der Waals surface area contributed by atoms with Crippen molar-refractivity contribution in [3.63, 3.8) is 0 Å². The zero-order valence-electron chi connectivity index (χ0n) is 29.3. The number of halogens is 3. The number of hydrogen-bond acceptors (Lipinski definition) is 7. The number of nitrogens with one attached hydrogen (secondary N) is 4. The van der Waals surface area contributed by atoms with Gasteiger partial charge in [-0.3, -0.25) is 4.79 Å². The summed E-state index contributed by atoms with van der Waals surface area (Å²) < 4.78 is 4.84. The summed E-state index contributed by atoms with van der Waals surface area (Å²) in [6.45, 7) is 5.42. The number of alkyl carbamates (subject to hydrolysis) is 1. The van der Waals surface area contributed by atoms with E-state index in [-0.39, 0.29) is 55.2 Å². The van der Waals surface area contributed by atoms with Crippen molar-refractivity contribution in [3.05, 3.63) is 83.8 Å². The van der Waals surface area contributed by atoms with Gasteiger partial charge in [-0.15, -0.1) is 37.2 Å². The zero-order valence-corrected chi connectivity index (χ0v) is 32.6. The van der Waals surface area contributed by atoms with E-state index in [4.69, 9.17) is 9.72 Å². The molecule has 2 aromatic carbocycles. The summed E-state index contributed by atoms with van der Waals surface area (Å²) in [7, 11) is 1.31. The van der Waals surface area contributed by atoms with E-state index in [2.05, 4.69) is 67.5 Å². The Hall–Kier alpha value is -4.10. The Bertz CT molecular complexity index is 1920. The Morgan fingerprint density at radius 2 is 1.71 bits per heavy atom. The molecule has 4 aromatic rings. The minimum atomic E-state index is -1.04. The maximum Gasteiger partial charge on any atom is 0.407 e. The molecule has 2 aliphatic heterocycles.